The Hall–Kier alpha value is -3.87. The summed E-state index contributed by atoms with van der Waals surface area (Å²) in [5, 5.41) is 5.65. The van der Waals surface area contributed by atoms with Gasteiger partial charge in [0.1, 0.15) is 11.5 Å². The van der Waals surface area contributed by atoms with Crippen LogP contribution in [0.1, 0.15) is 22.8 Å². The van der Waals surface area contributed by atoms with Crippen molar-refractivity contribution >= 4 is 17.5 Å². The molecule has 2 N–H and O–H groups in total. The first-order valence-electron chi connectivity index (χ1n) is 9.57. The predicted octanol–water partition coefficient (Wildman–Crippen LogP) is 3.43. The molecule has 0 unspecified atom stereocenters. The van der Waals surface area contributed by atoms with E-state index in [0.717, 1.165) is 11.3 Å². The molecular weight excluding hydrogens is 382 g/mol. The number of carbonyl (C=O) groups is 2. The molecule has 0 spiro atoms. The van der Waals surface area contributed by atoms with Gasteiger partial charge in [-0.1, -0.05) is 18.2 Å². The molecule has 0 bridgehead atoms. The lowest BCUT2D eigenvalue weighted by molar-refractivity contribution is -0.123. The van der Waals surface area contributed by atoms with Crippen LogP contribution >= 0.6 is 0 Å². The maximum Gasteiger partial charge on any atom is 0.258 e. The van der Waals surface area contributed by atoms with Crippen LogP contribution in [0.15, 0.2) is 73.1 Å². The highest BCUT2D eigenvalue weighted by Gasteiger charge is 2.10. The fourth-order valence-electron chi connectivity index (χ4n) is 2.68. The van der Waals surface area contributed by atoms with Crippen molar-refractivity contribution in [3.63, 3.8) is 0 Å². The van der Waals surface area contributed by atoms with Gasteiger partial charge in [0.05, 0.1) is 12.2 Å². The zero-order valence-electron chi connectivity index (χ0n) is 16.6. The zero-order valence-corrected chi connectivity index (χ0v) is 16.6. The zero-order chi connectivity index (χ0) is 21.2. The standard InChI is InChI=1S/C23H23N3O4/c1-2-29-19-9-11-20(12-10-19)30-16-22(27)25-15-17-6-3-4-8-21(17)26-23(28)18-7-5-13-24-14-18/h3-14H,2,15-16H2,1H3,(H,25,27)(H,26,28). The van der Waals surface area contributed by atoms with Gasteiger partial charge in [-0.05, 0) is 55.0 Å². The number of aromatic nitrogens is 1. The number of pyridine rings is 1. The van der Waals surface area contributed by atoms with Crippen LogP contribution in [0, 0.1) is 0 Å². The third-order valence-corrected chi connectivity index (χ3v) is 4.17. The molecule has 0 atom stereocenters. The summed E-state index contributed by atoms with van der Waals surface area (Å²) >= 11 is 0. The van der Waals surface area contributed by atoms with E-state index >= 15 is 0 Å². The van der Waals surface area contributed by atoms with Crippen molar-refractivity contribution in [2.75, 3.05) is 18.5 Å². The Kier molecular flexibility index (Phi) is 7.38. The molecule has 2 amide bonds. The second kappa shape index (κ2) is 10.6. The second-order valence-corrected chi connectivity index (χ2v) is 6.32. The smallest absolute Gasteiger partial charge is 0.258 e. The molecule has 154 valence electrons. The first kappa shape index (κ1) is 20.9. The van der Waals surface area contributed by atoms with Crippen LogP contribution in [0.5, 0.6) is 11.5 Å². The van der Waals surface area contributed by atoms with Gasteiger partial charge in [0.2, 0.25) is 0 Å². The van der Waals surface area contributed by atoms with Crippen molar-refractivity contribution in [1.29, 1.82) is 0 Å². The summed E-state index contributed by atoms with van der Waals surface area (Å²) in [5.41, 5.74) is 1.86. The van der Waals surface area contributed by atoms with Gasteiger partial charge in [-0.25, -0.2) is 0 Å². The largest absolute Gasteiger partial charge is 0.494 e. The van der Waals surface area contributed by atoms with Gasteiger partial charge in [0.15, 0.2) is 6.61 Å². The molecule has 2 aromatic carbocycles. The van der Waals surface area contributed by atoms with Crippen molar-refractivity contribution < 1.29 is 19.1 Å². The summed E-state index contributed by atoms with van der Waals surface area (Å²) in [6.45, 7) is 2.65. The van der Waals surface area contributed by atoms with Crippen molar-refractivity contribution in [2.45, 2.75) is 13.5 Å². The van der Waals surface area contributed by atoms with E-state index in [9.17, 15) is 9.59 Å². The number of nitrogens with zero attached hydrogens (tertiary/aromatic N) is 1. The van der Waals surface area contributed by atoms with Gasteiger partial charge in [-0.2, -0.15) is 0 Å². The number of anilines is 1. The maximum atomic E-state index is 12.4. The lowest BCUT2D eigenvalue weighted by atomic mass is 10.1. The van der Waals surface area contributed by atoms with Crippen LogP contribution in [0.25, 0.3) is 0 Å². The SMILES string of the molecule is CCOc1ccc(OCC(=O)NCc2ccccc2NC(=O)c2cccnc2)cc1. The summed E-state index contributed by atoms with van der Waals surface area (Å²) in [5.74, 6) is 0.801. The minimum Gasteiger partial charge on any atom is -0.494 e. The van der Waals surface area contributed by atoms with Crippen LogP contribution in [0.2, 0.25) is 0 Å². The van der Waals surface area contributed by atoms with E-state index in [1.54, 1.807) is 48.7 Å². The summed E-state index contributed by atoms with van der Waals surface area (Å²) in [7, 11) is 0. The predicted molar refractivity (Wildman–Crippen MR) is 114 cm³/mol. The Morgan fingerprint density at radius 1 is 0.933 bits per heavy atom. The number of rotatable bonds is 9. The number of ether oxygens (including phenoxy) is 2. The minimum atomic E-state index is -0.266. The van der Waals surface area contributed by atoms with Gasteiger partial charge < -0.3 is 20.1 Å². The van der Waals surface area contributed by atoms with Gasteiger partial charge in [-0.15, -0.1) is 0 Å². The average Bonchev–Trinajstić information content (AvgIpc) is 2.79. The molecule has 30 heavy (non-hydrogen) atoms. The summed E-state index contributed by atoms with van der Waals surface area (Å²) in [6.07, 6.45) is 3.10. The molecule has 0 aliphatic heterocycles. The number of benzene rings is 2. The van der Waals surface area contributed by atoms with Gasteiger partial charge in [0.25, 0.3) is 11.8 Å². The second-order valence-electron chi connectivity index (χ2n) is 6.32. The van der Waals surface area contributed by atoms with Crippen LogP contribution in [-0.4, -0.2) is 30.0 Å². The molecule has 0 saturated heterocycles. The van der Waals surface area contributed by atoms with Crippen molar-refractivity contribution in [3.05, 3.63) is 84.2 Å². The van der Waals surface area contributed by atoms with E-state index in [0.29, 0.717) is 23.6 Å². The lowest BCUT2D eigenvalue weighted by Gasteiger charge is -2.12. The van der Waals surface area contributed by atoms with Gasteiger partial charge >= 0.3 is 0 Å². The van der Waals surface area contributed by atoms with Crippen LogP contribution in [0.4, 0.5) is 5.69 Å². The number of hydrogen-bond donors (Lipinski definition) is 2. The summed E-state index contributed by atoms with van der Waals surface area (Å²) in [4.78, 5) is 28.5. The van der Waals surface area contributed by atoms with Crippen LogP contribution < -0.4 is 20.1 Å². The molecule has 0 aliphatic rings. The van der Waals surface area contributed by atoms with Crippen molar-refractivity contribution in [2.24, 2.45) is 0 Å². The van der Waals surface area contributed by atoms with Crippen LogP contribution in [0.3, 0.4) is 0 Å². The Bertz CT molecular complexity index is 975. The number of amides is 2. The Morgan fingerprint density at radius 2 is 1.67 bits per heavy atom. The topological polar surface area (TPSA) is 89.5 Å². The highest BCUT2D eigenvalue weighted by Crippen LogP contribution is 2.18. The Labute approximate surface area is 175 Å². The maximum absolute atomic E-state index is 12.4. The summed E-state index contributed by atoms with van der Waals surface area (Å²) in [6, 6.07) is 17.8. The summed E-state index contributed by atoms with van der Waals surface area (Å²) < 4.78 is 10.9. The quantitative estimate of drug-likeness (QED) is 0.569. The molecule has 0 aliphatic carbocycles. The van der Waals surface area contributed by atoms with E-state index in [-0.39, 0.29) is 25.0 Å². The molecule has 3 rings (SSSR count). The molecule has 1 heterocycles. The van der Waals surface area contributed by atoms with E-state index in [1.807, 2.05) is 25.1 Å². The van der Waals surface area contributed by atoms with Gasteiger partial charge in [-0.3, -0.25) is 14.6 Å². The highest BCUT2D eigenvalue weighted by molar-refractivity contribution is 6.04. The third-order valence-electron chi connectivity index (χ3n) is 4.17. The fraction of sp³-hybridized carbons (Fsp3) is 0.174. The molecular formula is C23H23N3O4. The Morgan fingerprint density at radius 3 is 2.37 bits per heavy atom. The fourth-order valence-corrected chi connectivity index (χ4v) is 2.68. The lowest BCUT2D eigenvalue weighted by Crippen LogP contribution is -2.28. The number of carbonyl (C=O) groups excluding carboxylic acids is 2. The third kappa shape index (κ3) is 6.07. The van der Waals surface area contributed by atoms with Gasteiger partial charge in [0, 0.05) is 24.6 Å². The van der Waals surface area contributed by atoms with Crippen molar-refractivity contribution in [1.82, 2.24) is 10.3 Å². The number of para-hydroxylation sites is 1. The van der Waals surface area contributed by atoms with E-state index in [2.05, 4.69) is 15.6 Å². The molecule has 3 aromatic rings. The molecule has 0 radical (unpaired) electrons. The van der Waals surface area contributed by atoms with E-state index in [4.69, 9.17) is 9.47 Å². The molecule has 0 saturated carbocycles. The molecule has 7 heteroatoms. The minimum absolute atomic E-state index is 0.113. The highest BCUT2D eigenvalue weighted by atomic mass is 16.5. The average molecular weight is 405 g/mol. The van der Waals surface area contributed by atoms with E-state index < -0.39 is 0 Å². The molecule has 7 nitrogen and oxygen atoms in total. The Balaban J connectivity index is 1.51. The molecule has 1 aromatic heterocycles. The van der Waals surface area contributed by atoms with Crippen molar-refractivity contribution in [3.8, 4) is 11.5 Å². The first-order valence-corrected chi connectivity index (χ1v) is 9.57. The first-order chi connectivity index (χ1) is 14.7. The number of nitrogens with one attached hydrogen (secondary N) is 2. The van der Waals surface area contributed by atoms with Crippen LogP contribution in [-0.2, 0) is 11.3 Å². The normalized spacial score (nSPS) is 10.2. The number of hydrogen-bond acceptors (Lipinski definition) is 5. The van der Waals surface area contributed by atoms with E-state index in [1.165, 1.54) is 6.20 Å². The monoisotopic (exact) mass is 405 g/mol. The molecule has 0 fully saturated rings.